The van der Waals surface area contributed by atoms with Crippen molar-refractivity contribution >= 4 is 23.0 Å². The van der Waals surface area contributed by atoms with Crippen LogP contribution in [0.1, 0.15) is 0 Å². The Morgan fingerprint density at radius 3 is 2.67 bits per heavy atom. The largest absolute Gasteiger partial charge is 0.393 e. The lowest BCUT2D eigenvalue weighted by Gasteiger charge is -2.05. The summed E-state index contributed by atoms with van der Waals surface area (Å²) in [5.41, 5.74) is 5.81. The lowest BCUT2D eigenvalue weighted by molar-refractivity contribution is -0.383. The van der Waals surface area contributed by atoms with Gasteiger partial charge in [-0.15, -0.1) is 0 Å². The molecule has 4 nitrogen and oxygen atoms in total. The Labute approximate surface area is 107 Å². The van der Waals surface area contributed by atoms with Gasteiger partial charge in [0.25, 0.3) is 5.69 Å². The molecule has 0 aromatic heterocycles. The number of halogens is 2. The van der Waals surface area contributed by atoms with Crippen LogP contribution in [0.4, 0.5) is 15.8 Å². The van der Waals surface area contributed by atoms with Crippen LogP contribution in [0, 0.1) is 15.9 Å². The van der Waals surface area contributed by atoms with Gasteiger partial charge in [-0.25, -0.2) is 4.39 Å². The molecule has 18 heavy (non-hydrogen) atoms. The number of nitro benzene ring substituents is 1. The van der Waals surface area contributed by atoms with E-state index in [1.54, 1.807) is 6.07 Å². The zero-order chi connectivity index (χ0) is 13.3. The first kappa shape index (κ1) is 12.3. The standard InChI is InChI=1S/C12H8ClFN2O2/c13-9-3-1-2-8(12(9)14)7-4-5-10(15)11(6-7)16(17)18/h1-6H,15H2. The molecular weight excluding hydrogens is 259 g/mol. The number of hydrogen-bond donors (Lipinski definition) is 1. The van der Waals surface area contributed by atoms with E-state index in [1.807, 2.05) is 0 Å². The highest BCUT2D eigenvalue weighted by Gasteiger charge is 2.15. The molecule has 92 valence electrons. The average molecular weight is 267 g/mol. The minimum Gasteiger partial charge on any atom is -0.393 e. The molecule has 2 rings (SSSR count). The molecule has 0 aliphatic carbocycles. The fraction of sp³-hybridized carbons (Fsp3) is 0. The Bertz CT molecular complexity index is 631. The summed E-state index contributed by atoms with van der Waals surface area (Å²) in [4.78, 5) is 10.2. The number of nitrogen functional groups attached to an aromatic ring is 1. The molecule has 0 fully saturated rings. The summed E-state index contributed by atoms with van der Waals surface area (Å²) in [6.07, 6.45) is 0. The quantitative estimate of drug-likeness (QED) is 0.512. The highest BCUT2D eigenvalue weighted by atomic mass is 35.5. The molecule has 0 atom stereocenters. The molecule has 0 spiro atoms. The Morgan fingerprint density at radius 1 is 1.28 bits per heavy atom. The normalized spacial score (nSPS) is 10.3. The van der Waals surface area contributed by atoms with Crippen molar-refractivity contribution in [3.63, 3.8) is 0 Å². The van der Waals surface area contributed by atoms with Gasteiger partial charge in [-0.3, -0.25) is 10.1 Å². The van der Waals surface area contributed by atoms with Crippen LogP contribution >= 0.6 is 11.6 Å². The van der Waals surface area contributed by atoms with Crippen LogP contribution in [-0.2, 0) is 0 Å². The Balaban J connectivity index is 2.62. The molecule has 0 amide bonds. The van der Waals surface area contributed by atoms with Crippen molar-refractivity contribution in [1.82, 2.24) is 0 Å². The highest BCUT2D eigenvalue weighted by Crippen LogP contribution is 2.32. The molecule has 0 radical (unpaired) electrons. The van der Waals surface area contributed by atoms with Gasteiger partial charge < -0.3 is 5.73 Å². The third-order valence-electron chi connectivity index (χ3n) is 2.49. The van der Waals surface area contributed by atoms with Crippen LogP contribution in [-0.4, -0.2) is 4.92 Å². The minimum atomic E-state index is -0.613. The van der Waals surface area contributed by atoms with Crippen LogP contribution in [0.3, 0.4) is 0 Å². The van der Waals surface area contributed by atoms with Crippen LogP contribution in [0.2, 0.25) is 5.02 Å². The monoisotopic (exact) mass is 266 g/mol. The lowest BCUT2D eigenvalue weighted by atomic mass is 10.0. The maximum atomic E-state index is 13.8. The Hall–Kier alpha value is -2.14. The summed E-state index contributed by atoms with van der Waals surface area (Å²) in [5.74, 6) is -0.613. The van der Waals surface area contributed by atoms with E-state index in [0.29, 0.717) is 5.56 Å². The number of nitrogens with zero attached hydrogens (tertiary/aromatic N) is 1. The Kier molecular flexibility index (Phi) is 3.16. The van der Waals surface area contributed by atoms with Gasteiger partial charge >= 0.3 is 0 Å². The molecule has 0 aliphatic heterocycles. The summed E-state index contributed by atoms with van der Waals surface area (Å²) in [6, 6.07) is 8.58. The number of benzene rings is 2. The average Bonchev–Trinajstić information content (AvgIpc) is 2.33. The van der Waals surface area contributed by atoms with Gasteiger partial charge in [-0.1, -0.05) is 29.8 Å². The number of nitro groups is 1. The van der Waals surface area contributed by atoms with E-state index in [1.165, 1.54) is 30.3 Å². The fourth-order valence-corrected chi connectivity index (χ4v) is 1.77. The molecule has 2 N–H and O–H groups in total. The van der Waals surface area contributed by atoms with Gasteiger partial charge in [0.05, 0.1) is 9.95 Å². The van der Waals surface area contributed by atoms with Gasteiger partial charge in [0.1, 0.15) is 11.5 Å². The van der Waals surface area contributed by atoms with E-state index < -0.39 is 10.7 Å². The third kappa shape index (κ3) is 2.12. The molecule has 0 bridgehead atoms. The molecule has 0 heterocycles. The van der Waals surface area contributed by atoms with Crippen molar-refractivity contribution in [3.05, 3.63) is 57.4 Å². The molecule has 0 aliphatic rings. The number of anilines is 1. The van der Waals surface area contributed by atoms with Crippen LogP contribution in [0.5, 0.6) is 0 Å². The third-order valence-corrected chi connectivity index (χ3v) is 2.78. The van der Waals surface area contributed by atoms with Gasteiger partial charge in [-0.2, -0.15) is 0 Å². The first-order valence-corrected chi connectivity index (χ1v) is 5.37. The van der Waals surface area contributed by atoms with Crippen molar-refractivity contribution in [2.45, 2.75) is 0 Å². The summed E-state index contributed by atoms with van der Waals surface area (Å²) in [5, 5.41) is 10.7. The number of nitrogens with two attached hydrogens (primary N) is 1. The molecule has 0 saturated heterocycles. The first-order valence-electron chi connectivity index (χ1n) is 4.99. The van der Waals surface area contributed by atoms with Crippen molar-refractivity contribution in [1.29, 1.82) is 0 Å². The van der Waals surface area contributed by atoms with E-state index >= 15 is 0 Å². The number of hydrogen-bond acceptors (Lipinski definition) is 3. The maximum absolute atomic E-state index is 13.8. The maximum Gasteiger partial charge on any atom is 0.292 e. The first-order chi connectivity index (χ1) is 8.50. The predicted molar refractivity (Wildman–Crippen MR) is 67.9 cm³/mol. The fourth-order valence-electron chi connectivity index (χ4n) is 1.60. The lowest BCUT2D eigenvalue weighted by Crippen LogP contribution is -1.96. The smallest absolute Gasteiger partial charge is 0.292 e. The molecule has 0 unspecified atom stereocenters. The van der Waals surface area contributed by atoms with E-state index in [2.05, 4.69) is 0 Å². The van der Waals surface area contributed by atoms with Crippen LogP contribution in [0.25, 0.3) is 11.1 Å². The van der Waals surface area contributed by atoms with Crippen molar-refractivity contribution in [3.8, 4) is 11.1 Å². The summed E-state index contributed by atoms with van der Waals surface area (Å²) in [6.45, 7) is 0. The van der Waals surface area contributed by atoms with Gasteiger partial charge in [0, 0.05) is 11.6 Å². The summed E-state index contributed by atoms with van der Waals surface area (Å²) >= 11 is 5.66. The van der Waals surface area contributed by atoms with Crippen molar-refractivity contribution in [2.75, 3.05) is 5.73 Å². The SMILES string of the molecule is Nc1ccc(-c2cccc(Cl)c2F)cc1[N+](=O)[O-]. The van der Waals surface area contributed by atoms with Gasteiger partial charge in [0.2, 0.25) is 0 Å². The van der Waals surface area contributed by atoms with Crippen molar-refractivity contribution in [2.24, 2.45) is 0 Å². The molecular formula is C12H8ClFN2O2. The van der Waals surface area contributed by atoms with Gasteiger partial charge in [0.15, 0.2) is 0 Å². The summed E-state index contributed by atoms with van der Waals surface area (Å²) in [7, 11) is 0. The van der Waals surface area contributed by atoms with E-state index in [0.717, 1.165) is 0 Å². The topological polar surface area (TPSA) is 69.2 Å². The molecule has 0 saturated carbocycles. The molecule has 2 aromatic rings. The Morgan fingerprint density at radius 2 is 2.00 bits per heavy atom. The molecule has 6 heteroatoms. The number of rotatable bonds is 2. The van der Waals surface area contributed by atoms with E-state index in [-0.39, 0.29) is 22.0 Å². The zero-order valence-corrected chi connectivity index (χ0v) is 9.82. The molecule has 2 aromatic carbocycles. The second-order valence-corrected chi connectivity index (χ2v) is 4.04. The van der Waals surface area contributed by atoms with E-state index in [4.69, 9.17) is 17.3 Å². The second kappa shape index (κ2) is 4.62. The highest BCUT2D eigenvalue weighted by molar-refractivity contribution is 6.31. The minimum absolute atomic E-state index is 0.0335. The van der Waals surface area contributed by atoms with Crippen molar-refractivity contribution < 1.29 is 9.31 Å². The summed E-state index contributed by atoms with van der Waals surface area (Å²) < 4.78 is 13.8. The predicted octanol–water partition coefficient (Wildman–Crippen LogP) is 3.64. The second-order valence-electron chi connectivity index (χ2n) is 3.63. The van der Waals surface area contributed by atoms with Gasteiger partial charge in [-0.05, 0) is 17.7 Å². The van der Waals surface area contributed by atoms with Crippen LogP contribution < -0.4 is 5.73 Å². The zero-order valence-electron chi connectivity index (χ0n) is 9.06. The van der Waals surface area contributed by atoms with E-state index in [9.17, 15) is 14.5 Å². The van der Waals surface area contributed by atoms with Crippen LogP contribution in [0.15, 0.2) is 36.4 Å².